The van der Waals surface area contributed by atoms with Crippen LogP contribution in [0.1, 0.15) is 15.2 Å². The fourth-order valence-electron chi connectivity index (χ4n) is 1.52. The molecule has 2 N–H and O–H groups in total. The highest BCUT2D eigenvalue weighted by Gasteiger charge is 2.15. The molecule has 0 saturated heterocycles. The van der Waals surface area contributed by atoms with Crippen LogP contribution in [0.3, 0.4) is 0 Å². The number of anilines is 2. The van der Waals surface area contributed by atoms with Crippen molar-refractivity contribution in [2.45, 2.75) is 6.92 Å². The van der Waals surface area contributed by atoms with Gasteiger partial charge in [0.1, 0.15) is 17.3 Å². The Balaban J connectivity index is 2.24. The van der Waals surface area contributed by atoms with Crippen LogP contribution in [-0.2, 0) is 0 Å². The fraction of sp³-hybridized carbons (Fsp3) is 0.167. The average molecular weight is 283 g/mol. The summed E-state index contributed by atoms with van der Waals surface area (Å²) in [7, 11) is 1.40. The first kappa shape index (κ1) is 13.4. The minimum Gasteiger partial charge on any atom is -0.383 e. The summed E-state index contributed by atoms with van der Waals surface area (Å²) in [4.78, 5) is 16.7. The van der Waals surface area contributed by atoms with E-state index in [2.05, 4.69) is 15.6 Å². The number of halogens is 2. The van der Waals surface area contributed by atoms with Gasteiger partial charge in [0.25, 0.3) is 5.91 Å². The molecule has 0 fully saturated rings. The maximum absolute atomic E-state index is 13.5. The van der Waals surface area contributed by atoms with Crippen LogP contribution in [0.15, 0.2) is 18.3 Å². The summed E-state index contributed by atoms with van der Waals surface area (Å²) in [5, 5.41) is 5.27. The summed E-state index contributed by atoms with van der Waals surface area (Å²) in [5.74, 6) is -2.24. The molecule has 0 unspecified atom stereocenters. The molecule has 0 spiro atoms. The highest BCUT2D eigenvalue weighted by atomic mass is 32.1. The van der Waals surface area contributed by atoms with Crippen LogP contribution in [0.2, 0.25) is 0 Å². The van der Waals surface area contributed by atoms with E-state index >= 15 is 0 Å². The van der Waals surface area contributed by atoms with E-state index in [1.54, 1.807) is 6.20 Å². The minimum absolute atomic E-state index is 0.0955. The van der Waals surface area contributed by atoms with Gasteiger partial charge in [-0.1, -0.05) is 0 Å². The molecule has 100 valence electrons. The Hall–Kier alpha value is -2.02. The lowest BCUT2D eigenvalue weighted by Gasteiger charge is -2.07. The highest BCUT2D eigenvalue weighted by molar-refractivity contribution is 7.15. The number of carbonyl (C=O) groups excluding carboxylic acids is 1. The lowest BCUT2D eigenvalue weighted by atomic mass is 10.1. The van der Waals surface area contributed by atoms with E-state index in [0.29, 0.717) is 5.13 Å². The molecule has 0 saturated carbocycles. The number of amides is 1. The van der Waals surface area contributed by atoms with Crippen molar-refractivity contribution < 1.29 is 13.6 Å². The molecule has 19 heavy (non-hydrogen) atoms. The second-order valence-corrected chi connectivity index (χ2v) is 5.03. The Morgan fingerprint density at radius 3 is 2.42 bits per heavy atom. The van der Waals surface area contributed by atoms with Crippen molar-refractivity contribution >= 4 is 28.1 Å². The van der Waals surface area contributed by atoms with Crippen LogP contribution < -0.4 is 10.6 Å². The first-order valence-corrected chi connectivity index (χ1v) is 6.23. The molecular formula is C12H11F2N3OS. The van der Waals surface area contributed by atoms with Crippen molar-refractivity contribution in [3.63, 3.8) is 0 Å². The number of benzene rings is 1. The predicted molar refractivity (Wildman–Crippen MR) is 70.7 cm³/mol. The van der Waals surface area contributed by atoms with Gasteiger partial charge in [0, 0.05) is 23.7 Å². The molecule has 2 aromatic rings. The Morgan fingerprint density at radius 2 is 1.95 bits per heavy atom. The van der Waals surface area contributed by atoms with E-state index in [0.717, 1.165) is 17.0 Å². The van der Waals surface area contributed by atoms with Gasteiger partial charge < -0.3 is 5.32 Å². The van der Waals surface area contributed by atoms with E-state index < -0.39 is 17.5 Å². The van der Waals surface area contributed by atoms with Crippen molar-refractivity contribution in [2.24, 2.45) is 0 Å². The molecule has 0 radical (unpaired) electrons. The average Bonchev–Trinajstić information content (AvgIpc) is 2.74. The highest BCUT2D eigenvalue weighted by Crippen LogP contribution is 2.22. The van der Waals surface area contributed by atoms with Crippen LogP contribution in [0.5, 0.6) is 0 Å². The smallest absolute Gasteiger partial charge is 0.257 e. The van der Waals surface area contributed by atoms with Gasteiger partial charge in [-0.3, -0.25) is 10.1 Å². The minimum atomic E-state index is -0.817. The number of aryl methyl sites for hydroxylation is 1. The summed E-state index contributed by atoms with van der Waals surface area (Å²) in [6.45, 7) is 1.84. The van der Waals surface area contributed by atoms with E-state index in [-0.39, 0.29) is 11.3 Å². The molecule has 1 aromatic heterocycles. The number of aromatic nitrogens is 1. The number of nitrogens with one attached hydrogen (secondary N) is 2. The van der Waals surface area contributed by atoms with Gasteiger partial charge in [-0.05, 0) is 19.1 Å². The maximum Gasteiger partial charge on any atom is 0.257 e. The molecule has 0 aliphatic carbocycles. The molecule has 0 atom stereocenters. The summed E-state index contributed by atoms with van der Waals surface area (Å²) in [5.41, 5.74) is -0.358. The Morgan fingerprint density at radius 1 is 1.32 bits per heavy atom. The van der Waals surface area contributed by atoms with Gasteiger partial charge in [-0.25, -0.2) is 13.8 Å². The van der Waals surface area contributed by atoms with Crippen molar-refractivity contribution in [2.75, 3.05) is 17.7 Å². The largest absolute Gasteiger partial charge is 0.383 e. The monoisotopic (exact) mass is 283 g/mol. The number of nitrogens with zero attached hydrogens (tertiary/aromatic N) is 1. The standard InChI is InChI=1S/C12H11F2N3OS/c1-6-5-16-12(19-6)17-11(18)7-3-8(13)10(15-2)9(14)4-7/h3-5,15H,1-2H3,(H,16,17,18). The first-order chi connectivity index (χ1) is 9.01. The fourth-order valence-corrected chi connectivity index (χ4v) is 2.18. The van der Waals surface area contributed by atoms with Crippen molar-refractivity contribution in [3.05, 3.63) is 40.4 Å². The number of rotatable bonds is 3. The van der Waals surface area contributed by atoms with Gasteiger partial charge >= 0.3 is 0 Å². The van der Waals surface area contributed by atoms with Gasteiger partial charge in [-0.2, -0.15) is 0 Å². The number of hydrogen-bond donors (Lipinski definition) is 2. The first-order valence-electron chi connectivity index (χ1n) is 5.42. The second-order valence-electron chi connectivity index (χ2n) is 3.80. The van der Waals surface area contributed by atoms with Gasteiger partial charge in [-0.15, -0.1) is 11.3 Å². The Kier molecular flexibility index (Phi) is 3.75. The van der Waals surface area contributed by atoms with Gasteiger partial charge in [0.05, 0.1) is 0 Å². The third kappa shape index (κ3) is 2.87. The molecular weight excluding hydrogens is 272 g/mol. The van der Waals surface area contributed by atoms with Crippen LogP contribution in [0.25, 0.3) is 0 Å². The van der Waals surface area contributed by atoms with Gasteiger partial charge in [0.2, 0.25) is 0 Å². The van der Waals surface area contributed by atoms with Crippen LogP contribution in [0.4, 0.5) is 19.6 Å². The van der Waals surface area contributed by atoms with E-state index in [9.17, 15) is 13.6 Å². The number of carbonyl (C=O) groups is 1. The zero-order chi connectivity index (χ0) is 14.0. The summed E-state index contributed by atoms with van der Waals surface area (Å²) in [6, 6.07) is 1.95. The molecule has 0 aliphatic rings. The lowest BCUT2D eigenvalue weighted by molar-refractivity contribution is 0.102. The quantitative estimate of drug-likeness (QED) is 0.910. The van der Waals surface area contributed by atoms with Crippen molar-refractivity contribution in [3.8, 4) is 0 Å². The normalized spacial score (nSPS) is 10.3. The third-order valence-corrected chi connectivity index (χ3v) is 3.22. The number of hydrogen-bond acceptors (Lipinski definition) is 4. The zero-order valence-corrected chi connectivity index (χ0v) is 11.1. The lowest BCUT2D eigenvalue weighted by Crippen LogP contribution is -2.13. The number of thiazole rings is 1. The molecule has 1 heterocycles. The van der Waals surface area contributed by atoms with Crippen LogP contribution >= 0.6 is 11.3 Å². The molecule has 1 aromatic carbocycles. The Labute approximate surface area is 112 Å². The molecule has 2 rings (SSSR count). The van der Waals surface area contributed by atoms with Gasteiger partial charge in [0.15, 0.2) is 5.13 Å². The third-order valence-electron chi connectivity index (χ3n) is 2.40. The molecule has 1 amide bonds. The SMILES string of the molecule is CNc1c(F)cc(C(=O)Nc2ncc(C)s2)cc1F. The topological polar surface area (TPSA) is 54.0 Å². The Bertz CT molecular complexity index is 604. The van der Waals surface area contributed by atoms with Crippen molar-refractivity contribution in [1.29, 1.82) is 0 Å². The molecule has 7 heteroatoms. The molecule has 4 nitrogen and oxygen atoms in total. The van der Waals surface area contributed by atoms with Crippen LogP contribution in [0, 0.1) is 18.6 Å². The second kappa shape index (κ2) is 5.31. The van der Waals surface area contributed by atoms with E-state index in [4.69, 9.17) is 0 Å². The summed E-state index contributed by atoms with van der Waals surface area (Å²) < 4.78 is 27.0. The zero-order valence-electron chi connectivity index (χ0n) is 10.3. The van der Waals surface area contributed by atoms with E-state index in [1.165, 1.54) is 18.4 Å². The van der Waals surface area contributed by atoms with Crippen LogP contribution in [-0.4, -0.2) is 17.9 Å². The summed E-state index contributed by atoms with van der Waals surface area (Å²) >= 11 is 1.28. The predicted octanol–water partition coefficient (Wildman–Crippen LogP) is 3.02. The van der Waals surface area contributed by atoms with Crippen molar-refractivity contribution in [1.82, 2.24) is 4.98 Å². The maximum atomic E-state index is 13.5. The molecule has 0 aliphatic heterocycles. The molecule has 0 bridgehead atoms. The van der Waals surface area contributed by atoms with E-state index in [1.807, 2.05) is 6.92 Å². The summed E-state index contributed by atoms with van der Waals surface area (Å²) in [6.07, 6.45) is 1.60.